The molecule has 0 saturated heterocycles. The summed E-state index contributed by atoms with van der Waals surface area (Å²) in [4.78, 5) is 9.78. The lowest BCUT2D eigenvalue weighted by Gasteiger charge is -1.97. The predicted molar refractivity (Wildman–Crippen MR) is 20.1 cm³/mol. The van der Waals surface area contributed by atoms with E-state index in [1.807, 2.05) is 0 Å². The van der Waals surface area contributed by atoms with Gasteiger partial charge in [-0.3, -0.25) is 15.7 Å². The second kappa shape index (κ2) is 2.51. The van der Waals surface area contributed by atoms with Gasteiger partial charge in [0.1, 0.15) is 0 Å². The van der Waals surface area contributed by atoms with E-state index in [2.05, 4.69) is 5.73 Å². The average Bonchev–Trinajstić information content (AvgIpc) is 1.65. The van der Waals surface area contributed by atoms with Crippen LogP contribution in [0, 0.1) is 0 Å². The Labute approximate surface area is 39.7 Å². The zero-order chi connectivity index (χ0) is 5.86. The summed E-state index contributed by atoms with van der Waals surface area (Å²) in [5, 5.41) is 15.7. The molecule has 0 aliphatic heterocycles. The third-order valence-corrected chi connectivity index (χ3v) is 0.379. The molecule has 5 nitrogen and oxygen atoms in total. The van der Waals surface area contributed by atoms with Crippen LogP contribution >= 0.6 is 0 Å². The van der Waals surface area contributed by atoms with Gasteiger partial charge in [0, 0.05) is 0 Å². The van der Waals surface area contributed by atoms with Gasteiger partial charge in [-0.1, -0.05) is 0 Å². The second-order valence-electron chi connectivity index (χ2n) is 0.921. The predicted octanol–water partition coefficient (Wildman–Crippen LogP) is -2.23. The smallest absolute Gasteiger partial charge is 0.287 e. The Bertz CT molecular complexity index is 71.3. The normalized spacial score (nSPS) is 13.0. The van der Waals surface area contributed by atoms with Crippen LogP contribution in [0.3, 0.4) is 0 Å². The first kappa shape index (κ1) is 6.35. The number of aliphatic hydroxyl groups is 1. The van der Waals surface area contributed by atoms with Crippen molar-refractivity contribution in [3.05, 3.63) is 0 Å². The van der Waals surface area contributed by atoms with Crippen LogP contribution in [-0.2, 0) is 4.79 Å². The van der Waals surface area contributed by atoms with Gasteiger partial charge in [-0.05, 0) is 0 Å². The zero-order valence-corrected chi connectivity index (χ0v) is 3.46. The van der Waals surface area contributed by atoms with Gasteiger partial charge in [0.2, 0.25) is 0 Å². The fourth-order valence-corrected chi connectivity index (χ4v) is 0.0661. The summed E-state index contributed by atoms with van der Waals surface area (Å²) in [6.45, 7) is 0. The number of amides is 1. The highest BCUT2D eigenvalue weighted by Gasteiger charge is 2.04. The first-order valence-electron chi connectivity index (χ1n) is 1.56. The quantitative estimate of drug-likeness (QED) is 0.173. The van der Waals surface area contributed by atoms with Gasteiger partial charge in [-0.25, -0.2) is 5.48 Å². The fraction of sp³-hybridized carbons (Fsp3) is 0.500. The molecule has 1 unspecified atom stereocenters. The SMILES string of the molecule is NC(O)C(=O)NO. The Kier molecular flexibility index (Phi) is 2.28. The minimum Gasteiger partial charge on any atom is -0.370 e. The van der Waals surface area contributed by atoms with E-state index in [4.69, 9.17) is 10.3 Å². The molecule has 0 aromatic carbocycles. The van der Waals surface area contributed by atoms with E-state index in [9.17, 15) is 4.79 Å². The maximum absolute atomic E-state index is 9.78. The molecule has 0 spiro atoms. The molecular weight excluding hydrogens is 100 g/mol. The standard InChI is InChI=1S/C2H6N2O3/c3-1(5)2(6)4-7/h1,5,7H,3H2,(H,4,6). The minimum atomic E-state index is -1.63. The Hall–Kier alpha value is -0.650. The number of carbonyl (C=O) groups is 1. The van der Waals surface area contributed by atoms with Gasteiger partial charge < -0.3 is 5.11 Å². The van der Waals surface area contributed by atoms with E-state index in [0.29, 0.717) is 0 Å². The van der Waals surface area contributed by atoms with Crippen LogP contribution in [0.25, 0.3) is 0 Å². The summed E-state index contributed by atoms with van der Waals surface area (Å²) in [5.74, 6) is -1.01. The molecule has 0 aliphatic carbocycles. The van der Waals surface area contributed by atoms with Crippen molar-refractivity contribution < 1.29 is 15.1 Å². The molecule has 0 aromatic heterocycles. The lowest BCUT2D eigenvalue weighted by Crippen LogP contribution is -2.38. The van der Waals surface area contributed by atoms with Crippen molar-refractivity contribution in [2.75, 3.05) is 0 Å². The summed E-state index contributed by atoms with van der Waals surface area (Å²) in [5.41, 5.74) is 5.68. The maximum Gasteiger partial charge on any atom is 0.287 e. The number of aliphatic hydroxyl groups excluding tert-OH is 1. The molecule has 42 valence electrons. The minimum absolute atomic E-state index is 1.01. The van der Waals surface area contributed by atoms with Gasteiger partial charge in [-0.15, -0.1) is 0 Å². The fourth-order valence-electron chi connectivity index (χ4n) is 0.0661. The van der Waals surface area contributed by atoms with Gasteiger partial charge in [-0.2, -0.15) is 0 Å². The van der Waals surface area contributed by atoms with Crippen LogP contribution in [0.15, 0.2) is 0 Å². The van der Waals surface area contributed by atoms with Crippen LogP contribution in [0.1, 0.15) is 0 Å². The van der Waals surface area contributed by atoms with E-state index in [1.54, 1.807) is 0 Å². The molecule has 0 rings (SSSR count). The van der Waals surface area contributed by atoms with Crippen molar-refractivity contribution in [2.45, 2.75) is 6.23 Å². The molecule has 0 fully saturated rings. The van der Waals surface area contributed by atoms with Crippen molar-refractivity contribution in [1.29, 1.82) is 0 Å². The van der Waals surface area contributed by atoms with Crippen LogP contribution < -0.4 is 11.2 Å². The van der Waals surface area contributed by atoms with Crippen LogP contribution in [0.5, 0.6) is 0 Å². The highest BCUT2D eigenvalue weighted by molar-refractivity contribution is 5.78. The monoisotopic (exact) mass is 106 g/mol. The highest BCUT2D eigenvalue weighted by Crippen LogP contribution is 1.63. The Morgan fingerprint density at radius 1 is 1.86 bits per heavy atom. The molecule has 5 N–H and O–H groups in total. The Balaban J connectivity index is 3.35. The third-order valence-electron chi connectivity index (χ3n) is 0.379. The third kappa shape index (κ3) is 2.10. The topological polar surface area (TPSA) is 95.6 Å². The molecule has 5 heteroatoms. The molecule has 0 aliphatic rings. The van der Waals surface area contributed by atoms with E-state index in [0.717, 1.165) is 5.48 Å². The number of rotatable bonds is 1. The van der Waals surface area contributed by atoms with E-state index < -0.39 is 12.1 Å². The lowest BCUT2D eigenvalue weighted by molar-refractivity contribution is -0.137. The number of carbonyl (C=O) groups excluding carboxylic acids is 1. The summed E-state index contributed by atoms with van der Waals surface area (Å²) in [6.07, 6.45) is -1.63. The average molecular weight is 106 g/mol. The first-order chi connectivity index (χ1) is 3.18. The lowest BCUT2D eigenvalue weighted by atomic mass is 10.6. The van der Waals surface area contributed by atoms with E-state index >= 15 is 0 Å². The van der Waals surface area contributed by atoms with Crippen molar-refractivity contribution in [3.8, 4) is 0 Å². The number of nitrogens with one attached hydrogen (secondary N) is 1. The molecule has 7 heavy (non-hydrogen) atoms. The second-order valence-corrected chi connectivity index (χ2v) is 0.921. The van der Waals surface area contributed by atoms with Crippen molar-refractivity contribution in [2.24, 2.45) is 5.73 Å². The van der Waals surface area contributed by atoms with E-state index in [1.165, 1.54) is 0 Å². The molecule has 0 heterocycles. The highest BCUT2D eigenvalue weighted by atomic mass is 16.5. The molecule has 0 bridgehead atoms. The molecule has 1 amide bonds. The van der Waals surface area contributed by atoms with Crippen LogP contribution in [0.2, 0.25) is 0 Å². The van der Waals surface area contributed by atoms with Gasteiger partial charge in [0.25, 0.3) is 5.91 Å². The van der Waals surface area contributed by atoms with E-state index in [-0.39, 0.29) is 0 Å². The maximum atomic E-state index is 9.78. The molecule has 1 atom stereocenters. The largest absolute Gasteiger partial charge is 0.370 e. The van der Waals surface area contributed by atoms with Gasteiger partial charge in [0.15, 0.2) is 6.23 Å². The number of nitrogens with two attached hydrogens (primary N) is 1. The van der Waals surface area contributed by atoms with Gasteiger partial charge >= 0.3 is 0 Å². The Morgan fingerprint density at radius 3 is 2.29 bits per heavy atom. The summed E-state index contributed by atoms with van der Waals surface area (Å²) in [6, 6.07) is 0. The van der Waals surface area contributed by atoms with Crippen molar-refractivity contribution in [3.63, 3.8) is 0 Å². The Morgan fingerprint density at radius 2 is 2.29 bits per heavy atom. The molecule has 0 radical (unpaired) electrons. The summed E-state index contributed by atoms with van der Waals surface area (Å²) in [7, 11) is 0. The molecular formula is C2H6N2O3. The number of hydroxylamine groups is 1. The van der Waals surface area contributed by atoms with Crippen LogP contribution in [-0.4, -0.2) is 22.4 Å². The van der Waals surface area contributed by atoms with Crippen LogP contribution in [0.4, 0.5) is 0 Å². The van der Waals surface area contributed by atoms with Crippen molar-refractivity contribution >= 4 is 5.91 Å². The summed E-state index contributed by atoms with van der Waals surface area (Å²) < 4.78 is 0. The first-order valence-corrected chi connectivity index (χ1v) is 1.56. The van der Waals surface area contributed by atoms with Crippen molar-refractivity contribution in [1.82, 2.24) is 5.48 Å². The summed E-state index contributed by atoms with van der Waals surface area (Å²) >= 11 is 0. The molecule has 0 saturated carbocycles. The zero-order valence-electron chi connectivity index (χ0n) is 3.46. The van der Waals surface area contributed by atoms with Gasteiger partial charge in [0.05, 0.1) is 0 Å². The number of hydrogen-bond acceptors (Lipinski definition) is 4. The molecule has 0 aromatic rings. The number of hydrogen-bond donors (Lipinski definition) is 4.